The highest BCUT2D eigenvalue weighted by molar-refractivity contribution is 7.21. The predicted octanol–water partition coefficient (Wildman–Crippen LogP) is 4.97. The lowest BCUT2D eigenvalue weighted by molar-refractivity contribution is 0.373. The molecular weight excluding hydrogens is 530 g/mol. The van der Waals surface area contributed by atoms with Crippen LogP contribution in [0.2, 0.25) is 5.02 Å². The van der Waals surface area contributed by atoms with Gasteiger partial charge in [-0.1, -0.05) is 23.7 Å². The van der Waals surface area contributed by atoms with Crippen LogP contribution < -0.4 is 26.0 Å². The number of anilines is 3. The molecule has 3 fully saturated rings. The lowest BCUT2D eigenvalue weighted by Gasteiger charge is -2.27. The van der Waals surface area contributed by atoms with Gasteiger partial charge in [0, 0.05) is 54.9 Å². The van der Waals surface area contributed by atoms with E-state index in [1.807, 2.05) is 36.4 Å². The standard InChI is InChI=1S/C29H32ClN7OS/c30-19-7-9-21(10-8-19)36-14-11-29(17-36)12-15-37(18-29)28-34-25(32-20-4-3-13-31-16-20)24(26(38)35-28)27-33-22-5-1-2-6-23(22)39-27/h1-2,5-10,20,31H,3-4,11-18H2,(H2,32,34,35,38)/t20-,29?/m1/s1. The number of para-hydroxylation sites is 1. The third kappa shape index (κ3) is 4.88. The Bertz CT molecular complexity index is 1510. The molecule has 1 spiro atoms. The molecular formula is C29H32ClN7OS. The van der Waals surface area contributed by atoms with E-state index in [1.165, 1.54) is 17.0 Å². The molecule has 0 aliphatic carbocycles. The van der Waals surface area contributed by atoms with Crippen molar-refractivity contribution < 1.29 is 0 Å². The Morgan fingerprint density at radius 1 is 1.03 bits per heavy atom. The van der Waals surface area contributed by atoms with Crippen LogP contribution in [-0.4, -0.2) is 60.3 Å². The summed E-state index contributed by atoms with van der Waals surface area (Å²) in [7, 11) is 0. The summed E-state index contributed by atoms with van der Waals surface area (Å²) >= 11 is 7.65. The molecule has 5 heterocycles. The van der Waals surface area contributed by atoms with Gasteiger partial charge < -0.3 is 20.4 Å². The molecule has 2 atom stereocenters. The third-order valence-corrected chi connectivity index (χ3v) is 9.73. The first-order valence-corrected chi connectivity index (χ1v) is 15.0. The summed E-state index contributed by atoms with van der Waals surface area (Å²) in [6.45, 7) is 5.67. The molecule has 0 radical (unpaired) electrons. The van der Waals surface area contributed by atoms with Gasteiger partial charge in [-0.15, -0.1) is 11.3 Å². The molecule has 39 heavy (non-hydrogen) atoms. The molecule has 2 aromatic carbocycles. The summed E-state index contributed by atoms with van der Waals surface area (Å²) in [5.74, 6) is 1.29. The zero-order valence-electron chi connectivity index (χ0n) is 21.8. The molecule has 3 N–H and O–H groups in total. The maximum absolute atomic E-state index is 13.7. The van der Waals surface area contributed by atoms with Gasteiger partial charge in [-0.05, 0) is 68.6 Å². The van der Waals surface area contributed by atoms with Crippen molar-refractivity contribution in [3.8, 4) is 10.6 Å². The third-order valence-electron chi connectivity index (χ3n) is 8.42. The Kier molecular flexibility index (Phi) is 6.45. The lowest BCUT2D eigenvalue weighted by atomic mass is 9.86. The van der Waals surface area contributed by atoms with E-state index < -0.39 is 0 Å². The van der Waals surface area contributed by atoms with Crippen molar-refractivity contribution in [1.29, 1.82) is 0 Å². The number of aromatic amines is 1. The number of aromatic nitrogens is 3. The van der Waals surface area contributed by atoms with E-state index in [2.05, 4.69) is 37.6 Å². The highest BCUT2D eigenvalue weighted by Crippen LogP contribution is 2.42. The number of nitrogens with one attached hydrogen (secondary N) is 3. The van der Waals surface area contributed by atoms with Crippen molar-refractivity contribution in [2.45, 2.75) is 31.7 Å². The fraction of sp³-hybridized carbons (Fsp3) is 0.414. The molecule has 8 nitrogen and oxygen atoms in total. The number of rotatable bonds is 5. The topological polar surface area (TPSA) is 89.2 Å². The van der Waals surface area contributed by atoms with E-state index in [9.17, 15) is 4.79 Å². The van der Waals surface area contributed by atoms with E-state index >= 15 is 0 Å². The van der Waals surface area contributed by atoms with Crippen molar-refractivity contribution in [2.24, 2.45) is 5.41 Å². The van der Waals surface area contributed by atoms with E-state index in [-0.39, 0.29) is 17.0 Å². The van der Waals surface area contributed by atoms with Crippen LogP contribution in [0.5, 0.6) is 0 Å². The Morgan fingerprint density at radius 2 is 1.82 bits per heavy atom. The quantitative estimate of drug-likeness (QED) is 0.317. The van der Waals surface area contributed by atoms with Crippen LogP contribution in [0.4, 0.5) is 17.5 Å². The van der Waals surface area contributed by atoms with Crippen molar-refractivity contribution >= 4 is 50.6 Å². The number of hydrogen-bond acceptors (Lipinski definition) is 8. The summed E-state index contributed by atoms with van der Waals surface area (Å²) in [6, 6.07) is 16.4. The van der Waals surface area contributed by atoms with E-state index in [0.29, 0.717) is 22.3 Å². The van der Waals surface area contributed by atoms with Crippen LogP contribution in [0.1, 0.15) is 25.7 Å². The zero-order valence-corrected chi connectivity index (χ0v) is 23.3. The van der Waals surface area contributed by atoms with Gasteiger partial charge in [-0.2, -0.15) is 4.98 Å². The van der Waals surface area contributed by atoms with Crippen LogP contribution in [0.15, 0.2) is 53.3 Å². The minimum atomic E-state index is -0.138. The molecule has 3 aliphatic rings. The molecule has 0 bridgehead atoms. The molecule has 7 rings (SSSR count). The first-order chi connectivity index (χ1) is 19.1. The summed E-state index contributed by atoms with van der Waals surface area (Å²) in [5.41, 5.74) is 2.70. The fourth-order valence-corrected chi connectivity index (χ4v) is 7.45. The number of nitrogens with zero attached hydrogens (tertiary/aromatic N) is 4. The number of benzene rings is 2. The Morgan fingerprint density at radius 3 is 2.62 bits per heavy atom. The Labute approximate surface area is 236 Å². The number of piperidine rings is 1. The second kappa shape index (κ2) is 10.1. The number of fused-ring (bicyclic) bond motifs is 1. The molecule has 3 aliphatic heterocycles. The van der Waals surface area contributed by atoms with Crippen LogP contribution >= 0.6 is 22.9 Å². The van der Waals surface area contributed by atoms with Gasteiger partial charge in [0.25, 0.3) is 5.56 Å². The minimum Gasteiger partial charge on any atom is -0.371 e. The SMILES string of the molecule is O=c1[nH]c(N2CCC3(CCN(c4ccc(Cl)cc4)C3)C2)nc(N[C@@H]2CCCNC2)c1-c1nc2ccccc2s1. The van der Waals surface area contributed by atoms with Gasteiger partial charge in [0.15, 0.2) is 0 Å². The first kappa shape index (κ1) is 24.9. The molecule has 0 saturated carbocycles. The Balaban J connectivity index is 1.18. The molecule has 0 amide bonds. The van der Waals surface area contributed by atoms with E-state index in [4.69, 9.17) is 21.6 Å². The van der Waals surface area contributed by atoms with Crippen molar-refractivity contribution in [1.82, 2.24) is 20.3 Å². The molecule has 3 saturated heterocycles. The number of thiazole rings is 1. The predicted molar refractivity (Wildman–Crippen MR) is 161 cm³/mol. The maximum Gasteiger partial charge on any atom is 0.264 e. The second-order valence-electron chi connectivity index (χ2n) is 11.1. The monoisotopic (exact) mass is 561 g/mol. The van der Waals surface area contributed by atoms with E-state index in [0.717, 1.165) is 80.2 Å². The minimum absolute atomic E-state index is 0.138. The van der Waals surface area contributed by atoms with Gasteiger partial charge in [0.2, 0.25) is 5.95 Å². The molecule has 10 heteroatoms. The number of halogens is 1. The summed E-state index contributed by atoms with van der Waals surface area (Å²) in [4.78, 5) is 31.4. The molecule has 4 aromatic rings. The van der Waals surface area contributed by atoms with Gasteiger partial charge in [0.1, 0.15) is 16.4 Å². The van der Waals surface area contributed by atoms with Crippen molar-refractivity contribution in [2.75, 3.05) is 54.4 Å². The average Bonchev–Trinajstić information content (AvgIpc) is 3.68. The highest BCUT2D eigenvalue weighted by atomic mass is 35.5. The van der Waals surface area contributed by atoms with Gasteiger partial charge in [-0.3, -0.25) is 9.78 Å². The lowest BCUT2D eigenvalue weighted by Crippen LogP contribution is -2.39. The van der Waals surface area contributed by atoms with E-state index in [1.54, 1.807) is 0 Å². The van der Waals surface area contributed by atoms with Crippen LogP contribution in [0.25, 0.3) is 20.8 Å². The van der Waals surface area contributed by atoms with Crippen LogP contribution in [-0.2, 0) is 0 Å². The number of hydrogen-bond donors (Lipinski definition) is 3. The maximum atomic E-state index is 13.7. The van der Waals surface area contributed by atoms with Crippen molar-refractivity contribution in [3.05, 3.63) is 63.9 Å². The van der Waals surface area contributed by atoms with Crippen LogP contribution in [0, 0.1) is 5.41 Å². The van der Waals surface area contributed by atoms with Gasteiger partial charge in [-0.25, -0.2) is 4.98 Å². The normalized spacial score (nSPS) is 23.3. The summed E-state index contributed by atoms with van der Waals surface area (Å²) in [5, 5.41) is 8.55. The highest BCUT2D eigenvalue weighted by Gasteiger charge is 2.44. The van der Waals surface area contributed by atoms with Gasteiger partial charge >= 0.3 is 0 Å². The molecule has 2 aromatic heterocycles. The smallest absolute Gasteiger partial charge is 0.264 e. The average molecular weight is 562 g/mol. The van der Waals surface area contributed by atoms with Gasteiger partial charge in [0.05, 0.1) is 10.2 Å². The number of H-pyrrole nitrogens is 1. The zero-order chi connectivity index (χ0) is 26.4. The first-order valence-electron chi connectivity index (χ1n) is 13.8. The largest absolute Gasteiger partial charge is 0.371 e. The Hall–Kier alpha value is -3.14. The molecule has 202 valence electrons. The molecule has 1 unspecified atom stereocenters. The second-order valence-corrected chi connectivity index (χ2v) is 12.6. The van der Waals surface area contributed by atoms with Crippen LogP contribution in [0.3, 0.4) is 0 Å². The summed E-state index contributed by atoms with van der Waals surface area (Å²) < 4.78 is 1.06. The fourth-order valence-electron chi connectivity index (χ4n) is 6.32. The van der Waals surface area contributed by atoms with Crippen molar-refractivity contribution in [3.63, 3.8) is 0 Å². The summed E-state index contributed by atoms with van der Waals surface area (Å²) in [6.07, 6.45) is 4.35.